The summed E-state index contributed by atoms with van der Waals surface area (Å²) in [5.41, 5.74) is 2.51. The van der Waals surface area contributed by atoms with Crippen LogP contribution >= 0.6 is 0 Å². The molecule has 6 heteroatoms. The van der Waals surface area contributed by atoms with Crippen molar-refractivity contribution in [2.45, 2.75) is 13.5 Å². The summed E-state index contributed by atoms with van der Waals surface area (Å²) in [7, 11) is 1.58. The van der Waals surface area contributed by atoms with Crippen molar-refractivity contribution < 1.29 is 23.5 Å². The number of nitrogens with one attached hydrogen (secondary N) is 1. The van der Waals surface area contributed by atoms with Crippen molar-refractivity contribution in [2.75, 3.05) is 12.4 Å². The Morgan fingerprint density at radius 3 is 2.67 bits per heavy atom. The molecular formula is C21H19NO5. The first-order valence-electron chi connectivity index (χ1n) is 8.32. The maximum Gasteiger partial charge on any atom is 0.338 e. The van der Waals surface area contributed by atoms with Gasteiger partial charge in [0.25, 0.3) is 5.91 Å². The molecule has 0 saturated carbocycles. The van der Waals surface area contributed by atoms with Gasteiger partial charge in [-0.05, 0) is 54.4 Å². The highest BCUT2D eigenvalue weighted by Gasteiger charge is 2.14. The lowest BCUT2D eigenvalue weighted by atomic mass is 10.1. The fraction of sp³-hybridized carbons (Fsp3) is 0.143. The average molecular weight is 365 g/mol. The number of ether oxygens (including phenoxy) is 2. The maximum atomic E-state index is 12.4. The smallest absolute Gasteiger partial charge is 0.338 e. The third kappa shape index (κ3) is 4.55. The van der Waals surface area contributed by atoms with Gasteiger partial charge in [0.05, 0.1) is 18.9 Å². The highest BCUT2D eigenvalue weighted by molar-refractivity contribution is 6.03. The second-order valence-corrected chi connectivity index (χ2v) is 5.89. The number of methoxy groups -OCH3 is 1. The topological polar surface area (TPSA) is 77.8 Å². The fourth-order valence-electron chi connectivity index (χ4n) is 2.47. The van der Waals surface area contributed by atoms with Crippen molar-refractivity contribution >= 4 is 17.6 Å². The molecule has 0 atom stereocenters. The minimum Gasteiger partial charge on any atom is -0.497 e. The highest BCUT2D eigenvalue weighted by Crippen LogP contribution is 2.20. The standard InChI is InChI=1S/C21H19NO5/c1-14-8-9-16(12-18(14)22-20(23)19-7-4-10-26-19)21(24)27-13-15-5-3-6-17(11-15)25-2/h3-12H,13H2,1-2H3,(H,22,23). The lowest BCUT2D eigenvalue weighted by molar-refractivity contribution is 0.0472. The van der Waals surface area contributed by atoms with Crippen molar-refractivity contribution in [1.29, 1.82) is 0 Å². The fourth-order valence-corrected chi connectivity index (χ4v) is 2.47. The van der Waals surface area contributed by atoms with E-state index in [0.717, 1.165) is 11.1 Å². The SMILES string of the molecule is COc1cccc(COC(=O)c2ccc(C)c(NC(=O)c3ccco3)c2)c1. The van der Waals surface area contributed by atoms with Gasteiger partial charge >= 0.3 is 5.97 Å². The van der Waals surface area contributed by atoms with E-state index in [1.807, 2.05) is 25.1 Å². The molecule has 0 fully saturated rings. The van der Waals surface area contributed by atoms with E-state index in [9.17, 15) is 9.59 Å². The normalized spacial score (nSPS) is 10.3. The summed E-state index contributed by atoms with van der Waals surface area (Å²) in [6.45, 7) is 1.96. The van der Waals surface area contributed by atoms with Crippen LogP contribution in [0.15, 0.2) is 65.3 Å². The molecule has 1 heterocycles. The number of amides is 1. The first-order chi connectivity index (χ1) is 13.1. The van der Waals surface area contributed by atoms with Crippen LogP contribution in [-0.2, 0) is 11.3 Å². The molecule has 27 heavy (non-hydrogen) atoms. The molecule has 1 amide bonds. The van der Waals surface area contributed by atoms with Crippen LogP contribution in [0, 0.1) is 6.92 Å². The van der Waals surface area contributed by atoms with Gasteiger partial charge in [0.15, 0.2) is 5.76 Å². The number of hydrogen-bond acceptors (Lipinski definition) is 5. The van der Waals surface area contributed by atoms with E-state index >= 15 is 0 Å². The van der Waals surface area contributed by atoms with Gasteiger partial charge in [0, 0.05) is 5.69 Å². The number of rotatable bonds is 6. The second kappa shape index (κ2) is 8.23. The molecule has 0 aliphatic heterocycles. The number of aryl methyl sites for hydroxylation is 1. The van der Waals surface area contributed by atoms with Crippen LogP contribution in [-0.4, -0.2) is 19.0 Å². The zero-order valence-corrected chi connectivity index (χ0v) is 15.0. The molecule has 2 aromatic carbocycles. The number of carbonyl (C=O) groups excluding carboxylic acids is 2. The molecule has 0 aliphatic carbocycles. The molecule has 0 spiro atoms. The van der Waals surface area contributed by atoms with Crippen LogP contribution in [0.2, 0.25) is 0 Å². The van der Waals surface area contributed by atoms with Gasteiger partial charge in [-0.1, -0.05) is 18.2 Å². The summed E-state index contributed by atoms with van der Waals surface area (Å²) in [6.07, 6.45) is 1.42. The Labute approximate surface area is 156 Å². The number of hydrogen-bond donors (Lipinski definition) is 1. The molecule has 0 radical (unpaired) electrons. The molecule has 0 saturated heterocycles. The summed E-state index contributed by atoms with van der Waals surface area (Å²) in [4.78, 5) is 24.5. The van der Waals surface area contributed by atoms with Gasteiger partial charge < -0.3 is 19.2 Å². The van der Waals surface area contributed by atoms with Crippen molar-refractivity contribution in [2.24, 2.45) is 0 Å². The first-order valence-corrected chi connectivity index (χ1v) is 8.32. The molecule has 6 nitrogen and oxygen atoms in total. The summed E-state index contributed by atoms with van der Waals surface area (Å²) >= 11 is 0. The third-order valence-corrected chi connectivity index (χ3v) is 3.97. The number of esters is 1. The summed E-state index contributed by atoms with van der Waals surface area (Å²) in [5.74, 6) is 0.0264. The molecular weight excluding hydrogens is 346 g/mol. The van der Waals surface area contributed by atoms with Gasteiger partial charge in [-0.15, -0.1) is 0 Å². The zero-order chi connectivity index (χ0) is 19.2. The van der Waals surface area contributed by atoms with Gasteiger partial charge in [-0.25, -0.2) is 4.79 Å². The van der Waals surface area contributed by atoms with Gasteiger partial charge in [0.1, 0.15) is 12.4 Å². The minimum absolute atomic E-state index is 0.123. The predicted octanol–water partition coefficient (Wildman–Crippen LogP) is 4.21. The molecule has 0 bridgehead atoms. The Balaban J connectivity index is 1.68. The molecule has 138 valence electrons. The van der Waals surface area contributed by atoms with Gasteiger partial charge in [-0.3, -0.25) is 4.79 Å². The van der Waals surface area contributed by atoms with E-state index in [-0.39, 0.29) is 18.3 Å². The monoisotopic (exact) mass is 365 g/mol. The first kappa shape index (κ1) is 18.3. The molecule has 3 aromatic rings. The summed E-state index contributed by atoms with van der Waals surface area (Å²) < 4.78 is 15.6. The van der Waals surface area contributed by atoms with Gasteiger partial charge in [-0.2, -0.15) is 0 Å². The van der Waals surface area contributed by atoms with E-state index in [2.05, 4.69) is 5.32 Å². The molecule has 3 rings (SSSR count). The Bertz CT molecular complexity index is 947. The number of carbonyl (C=O) groups is 2. The Hall–Kier alpha value is -3.54. The Morgan fingerprint density at radius 1 is 1.07 bits per heavy atom. The maximum absolute atomic E-state index is 12.4. The predicted molar refractivity (Wildman–Crippen MR) is 100.0 cm³/mol. The number of benzene rings is 2. The van der Waals surface area contributed by atoms with Crippen molar-refractivity contribution in [3.8, 4) is 5.75 Å². The molecule has 0 unspecified atom stereocenters. The van der Waals surface area contributed by atoms with Crippen LogP contribution < -0.4 is 10.1 Å². The van der Waals surface area contributed by atoms with Crippen LogP contribution in [0.1, 0.15) is 32.0 Å². The van der Waals surface area contributed by atoms with Crippen LogP contribution in [0.5, 0.6) is 5.75 Å². The zero-order valence-electron chi connectivity index (χ0n) is 15.0. The summed E-state index contributed by atoms with van der Waals surface area (Å²) in [5, 5.41) is 2.74. The molecule has 1 N–H and O–H groups in total. The Kier molecular flexibility index (Phi) is 5.56. The number of furan rings is 1. The third-order valence-electron chi connectivity index (χ3n) is 3.97. The quantitative estimate of drug-likeness (QED) is 0.662. The van der Waals surface area contributed by atoms with E-state index in [0.29, 0.717) is 17.0 Å². The second-order valence-electron chi connectivity index (χ2n) is 5.89. The molecule has 0 aliphatic rings. The van der Waals surface area contributed by atoms with E-state index in [1.165, 1.54) is 6.26 Å². The lowest BCUT2D eigenvalue weighted by Gasteiger charge is -2.10. The van der Waals surface area contributed by atoms with Crippen LogP contribution in [0.3, 0.4) is 0 Å². The van der Waals surface area contributed by atoms with Crippen molar-refractivity contribution in [3.63, 3.8) is 0 Å². The van der Waals surface area contributed by atoms with Gasteiger partial charge in [0.2, 0.25) is 0 Å². The lowest BCUT2D eigenvalue weighted by Crippen LogP contribution is -2.13. The Morgan fingerprint density at radius 2 is 1.93 bits per heavy atom. The van der Waals surface area contributed by atoms with Crippen molar-refractivity contribution in [1.82, 2.24) is 0 Å². The number of anilines is 1. The minimum atomic E-state index is -0.480. The van der Waals surface area contributed by atoms with Crippen LogP contribution in [0.4, 0.5) is 5.69 Å². The van der Waals surface area contributed by atoms with E-state index in [4.69, 9.17) is 13.9 Å². The molecule has 1 aromatic heterocycles. The highest BCUT2D eigenvalue weighted by atomic mass is 16.5. The van der Waals surface area contributed by atoms with E-state index < -0.39 is 5.97 Å². The van der Waals surface area contributed by atoms with E-state index in [1.54, 1.807) is 43.5 Å². The largest absolute Gasteiger partial charge is 0.497 e. The van der Waals surface area contributed by atoms with Crippen molar-refractivity contribution in [3.05, 3.63) is 83.3 Å². The van der Waals surface area contributed by atoms with Crippen LogP contribution in [0.25, 0.3) is 0 Å². The average Bonchev–Trinajstić information content (AvgIpc) is 3.23. The summed E-state index contributed by atoms with van der Waals surface area (Å²) in [6, 6.07) is 15.5.